The van der Waals surface area contributed by atoms with Crippen LogP contribution in [-0.4, -0.2) is 20.6 Å². The van der Waals surface area contributed by atoms with E-state index in [4.69, 9.17) is 5.11 Å². The number of hydrogen-bond donors (Lipinski definition) is 1. The van der Waals surface area contributed by atoms with Crippen molar-refractivity contribution >= 4 is 16.9 Å². The summed E-state index contributed by atoms with van der Waals surface area (Å²) in [6.07, 6.45) is 8.50. The quantitative estimate of drug-likeness (QED) is 0.697. The third-order valence-electron chi connectivity index (χ3n) is 4.05. The van der Waals surface area contributed by atoms with Gasteiger partial charge in [-0.05, 0) is 56.0 Å². The summed E-state index contributed by atoms with van der Waals surface area (Å²) in [5, 5.41) is 10.0. The molecule has 0 spiro atoms. The standard InChI is InChI=1S/C19H20N2O2/c1-14-8-9-18-17(11-14)15(5-2-3-7-19(22)23)13-21(18)16-6-4-10-20-12-16/h4,6,8-13H,2-3,5,7H2,1H3,(H,22,23). The lowest BCUT2D eigenvalue weighted by Gasteiger charge is -2.04. The highest BCUT2D eigenvalue weighted by Crippen LogP contribution is 2.27. The van der Waals surface area contributed by atoms with Gasteiger partial charge in [-0.2, -0.15) is 0 Å². The molecule has 0 aliphatic heterocycles. The van der Waals surface area contributed by atoms with E-state index >= 15 is 0 Å². The van der Waals surface area contributed by atoms with Crippen LogP contribution in [-0.2, 0) is 11.2 Å². The summed E-state index contributed by atoms with van der Waals surface area (Å²) >= 11 is 0. The monoisotopic (exact) mass is 308 g/mol. The first-order valence-corrected chi connectivity index (χ1v) is 7.88. The molecule has 0 saturated carbocycles. The van der Waals surface area contributed by atoms with E-state index < -0.39 is 5.97 Å². The Hall–Kier alpha value is -2.62. The van der Waals surface area contributed by atoms with Crippen molar-refractivity contribution in [2.24, 2.45) is 0 Å². The lowest BCUT2D eigenvalue weighted by molar-refractivity contribution is -0.137. The van der Waals surface area contributed by atoms with Crippen LogP contribution in [0.3, 0.4) is 0 Å². The first kappa shape index (κ1) is 15.3. The van der Waals surface area contributed by atoms with Crippen LogP contribution < -0.4 is 0 Å². The van der Waals surface area contributed by atoms with E-state index in [1.54, 1.807) is 6.20 Å². The van der Waals surface area contributed by atoms with Gasteiger partial charge in [0.2, 0.25) is 0 Å². The Balaban J connectivity index is 1.94. The Bertz CT molecular complexity index is 822. The molecule has 1 aromatic carbocycles. The van der Waals surface area contributed by atoms with Crippen molar-refractivity contribution in [2.45, 2.75) is 32.6 Å². The largest absolute Gasteiger partial charge is 0.481 e. The van der Waals surface area contributed by atoms with E-state index in [1.807, 2.05) is 18.3 Å². The Kier molecular flexibility index (Phi) is 4.42. The van der Waals surface area contributed by atoms with Gasteiger partial charge in [0.15, 0.2) is 0 Å². The van der Waals surface area contributed by atoms with Gasteiger partial charge in [0.25, 0.3) is 0 Å². The highest BCUT2D eigenvalue weighted by molar-refractivity contribution is 5.86. The minimum Gasteiger partial charge on any atom is -0.481 e. The summed E-state index contributed by atoms with van der Waals surface area (Å²) in [5.74, 6) is -0.723. The molecule has 0 aliphatic carbocycles. The SMILES string of the molecule is Cc1ccc2c(c1)c(CCCCC(=O)O)cn2-c1cccnc1. The smallest absolute Gasteiger partial charge is 0.303 e. The molecule has 4 heteroatoms. The highest BCUT2D eigenvalue weighted by atomic mass is 16.4. The zero-order valence-electron chi connectivity index (χ0n) is 13.2. The first-order valence-electron chi connectivity index (χ1n) is 7.88. The van der Waals surface area contributed by atoms with Crippen molar-refractivity contribution in [1.82, 2.24) is 9.55 Å². The van der Waals surface area contributed by atoms with Crippen LogP contribution in [0, 0.1) is 6.92 Å². The van der Waals surface area contributed by atoms with E-state index in [9.17, 15) is 4.79 Å². The number of benzene rings is 1. The number of hydrogen-bond acceptors (Lipinski definition) is 2. The minimum atomic E-state index is -0.723. The predicted octanol–water partition coefficient (Wildman–Crippen LogP) is 4.13. The maximum absolute atomic E-state index is 10.6. The molecule has 118 valence electrons. The van der Waals surface area contributed by atoms with Crippen molar-refractivity contribution in [3.05, 3.63) is 60.0 Å². The number of carboxylic acid groups (broad SMARTS) is 1. The number of carboxylic acids is 1. The Morgan fingerprint density at radius 3 is 2.87 bits per heavy atom. The van der Waals surface area contributed by atoms with Crippen molar-refractivity contribution in [2.75, 3.05) is 0 Å². The molecule has 0 aliphatic rings. The Morgan fingerprint density at radius 1 is 1.26 bits per heavy atom. The van der Waals surface area contributed by atoms with Crippen LogP contribution in [0.5, 0.6) is 0 Å². The molecule has 0 radical (unpaired) electrons. The van der Waals surface area contributed by atoms with Crippen LogP contribution in [0.25, 0.3) is 16.6 Å². The van der Waals surface area contributed by atoms with Gasteiger partial charge < -0.3 is 9.67 Å². The normalized spacial score (nSPS) is 11.0. The van der Waals surface area contributed by atoms with Gasteiger partial charge in [0.1, 0.15) is 0 Å². The molecule has 3 aromatic rings. The second-order valence-corrected chi connectivity index (χ2v) is 5.86. The van der Waals surface area contributed by atoms with Gasteiger partial charge in [-0.3, -0.25) is 9.78 Å². The molecular formula is C19H20N2O2. The van der Waals surface area contributed by atoms with Crippen molar-refractivity contribution in [1.29, 1.82) is 0 Å². The highest BCUT2D eigenvalue weighted by Gasteiger charge is 2.10. The Labute approximate surface area is 135 Å². The number of rotatable bonds is 6. The van der Waals surface area contributed by atoms with Gasteiger partial charge in [-0.1, -0.05) is 11.6 Å². The summed E-state index contributed by atoms with van der Waals surface area (Å²) in [7, 11) is 0. The maximum Gasteiger partial charge on any atom is 0.303 e. The lowest BCUT2D eigenvalue weighted by atomic mass is 10.0. The van der Waals surface area contributed by atoms with Gasteiger partial charge >= 0.3 is 5.97 Å². The van der Waals surface area contributed by atoms with Gasteiger partial charge in [-0.25, -0.2) is 0 Å². The number of pyridine rings is 1. The van der Waals surface area contributed by atoms with Crippen LogP contribution >= 0.6 is 0 Å². The van der Waals surface area contributed by atoms with Crippen LogP contribution in [0.15, 0.2) is 48.9 Å². The molecule has 0 atom stereocenters. The molecule has 0 saturated heterocycles. The fourth-order valence-electron chi connectivity index (χ4n) is 2.91. The summed E-state index contributed by atoms with van der Waals surface area (Å²) in [6, 6.07) is 10.4. The first-order chi connectivity index (χ1) is 11.1. The molecule has 0 fully saturated rings. The molecule has 0 amide bonds. The lowest BCUT2D eigenvalue weighted by Crippen LogP contribution is -1.95. The summed E-state index contributed by atoms with van der Waals surface area (Å²) in [6.45, 7) is 2.09. The minimum absolute atomic E-state index is 0.236. The van der Waals surface area contributed by atoms with E-state index in [0.29, 0.717) is 6.42 Å². The van der Waals surface area contributed by atoms with Crippen LogP contribution in [0.2, 0.25) is 0 Å². The zero-order valence-corrected chi connectivity index (χ0v) is 13.2. The fraction of sp³-hybridized carbons (Fsp3) is 0.263. The van der Waals surface area contributed by atoms with E-state index in [2.05, 4.69) is 40.9 Å². The fourth-order valence-corrected chi connectivity index (χ4v) is 2.91. The molecule has 0 unspecified atom stereocenters. The van der Waals surface area contributed by atoms with Gasteiger partial charge in [-0.15, -0.1) is 0 Å². The molecule has 4 nitrogen and oxygen atoms in total. The topological polar surface area (TPSA) is 55.1 Å². The maximum atomic E-state index is 10.6. The third kappa shape index (κ3) is 3.42. The third-order valence-corrected chi connectivity index (χ3v) is 4.05. The summed E-state index contributed by atoms with van der Waals surface area (Å²) in [4.78, 5) is 14.8. The number of carbonyl (C=O) groups is 1. The number of nitrogens with zero attached hydrogens (tertiary/aromatic N) is 2. The van der Waals surface area contributed by atoms with E-state index in [0.717, 1.165) is 24.0 Å². The van der Waals surface area contributed by atoms with Gasteiger partial charge in [0, 0.05) is 24.2 Å². The van der Waals surface area contributed by atoms with Crippen molar-refractivity contribution < 1.29 is 9.90 Å². The van der Waals surface area contributed by atoms with Gasteiger partial charge in [0.05, 0.1) is 17.4 Å². The van der Waals surface area contributed by atoms with Crippen molar-refractivity contribution in [3.63, 3.8) is 0 Å². The number of fused-ring (bicyclic) bond motifs is 1. The molecule has 23 heavy (non-hydrogen) atoms. The summed E-state index contributed by atoms with van der Waals surface area (Å²) in [5.41, 5.74) is 4.70. The van der Waals surface area contributed by atoms with Crippen LogP contribution in [0.1, 0.15) is 30.4 Å². The number of aryl methyl sites for hydroxylation is 2. The zero-order chi connectivity index (χ0) is 16.2. The molecule has 3 rings (SSSR count). The van der Waals surface area contributed by atoms with Crippen LogP contribution in [0.4, 0.5) is 0 Å². The second kappa shape index (κ2) is 6.65. The molecule has 1 N–H and O–H groups in total. The molecule has 0 bridgehead atoms. The predicted molar refractivity (Wildman–Crippen MR) is 91.0 cm³/mol. The second-order valence-electron chi connectivity index (χ2n) is 5.86. The average molecular weight is 308 g/mol. The molecule has 2 heterocycles. The van der Waals surface area contributed by atoms with Crippen molar-refractivity contribution in [3.8, 4) is 5.69 Å². The molecule has 2 aromatic heterocycles. The van der Waals surface area contributed by atoms with E-state index in [1.165, 1.54) is 16.5 Å². The number of aromatic nitrogens is 2. The number of unbranched alkanes of at least 4 members (excludes halogenated alkanes) is 1. The molecular weight excluding hydrogens is 288 g/mol. The summed E-state index contributed by atoms with van der Waals surface area (Å²) < 4.78 is 2.16. The Morgan fingerprint density at radius 2 is 2.13 bits per heavy atom. The number of aliphatic carboxylic acids is 1. The average Bonchev–Trinajstić information content (AvgIpc) is 2.90. The van der Waals surface area contributed by atoms with E-state index in [-0.39, 0.29) is 6.42 Å².